The molecule has 9 nitrogen and oxygen atoms in total. The summed E-state index contributed by atoms with van der Waals surface area (Å²) in [6.07, 6.45) is -2.63. The zero-order valence-corrected chi connectivity index (χ0v) is 26.8. The normalized spacial score (nSPS) is 15.2. The number of rotatable bonds is 13. The summed E-state index contributed by atoms with van der Waals surface area (Å²) in [5.41, 5.74) is -1.12. The average Bonchev–Trinajstić information content (AvgIpc) is 3.03. The maximum absolute atomic E-state index is 15.0. The molecule has 2 N–H and O–H groups in total. The van der Waals surface area contributed by atoms with Gasteiger partial charge in [0.15, 0.2) is 0 Å². The predicted molar refractivity (Wildman–Crippen MR) is 172 cm³/mol. The second kappa shape index (κ2) is 15.6. The molecule has 0 aliphatic carbocycles. The lowest BCUT2D eigenvalue weighted by Crippen LogP contribution is -2.52. The number of hydrogen-bond acceptors (Lipinski definition) is 6. The summed E-state index contributed by atoms with van der Waals surface area (Å²) in [6.45, 7) is 7.71. The zero-order chi connectivity index (χ0) is 34.3. The average molecular weight is 660 g/mol. The van der Waals surface area contributed by atoms with E-state index in [9.17, 15) is 27.6 Å². The van der Waals surface area contributed by atoms with E-state index in [1.807, 2.05) is 24.8 Å². The van der Waals surface area contributed by atoms with Crippen LogP contribution in [0.3, 0.4) is 0 Å². The molecule has 1 aliphatic rings. The number of aromatic nitrogens is 2. The molecule has 0 spiro atoms. The van der Waals surface area contributed by atoms with Crippen molar-refractivity contribution in [1.82, 2.24) is 19.4 Å². The third-order valence-corrected chi connectivity index (χ3v) is 8.58. The standard InChI is InChI=1S/C34H41F4N5O4/c1-4-23(2)20-40-16-18-41(19-17-40)31-24(3)42(21-26-27(34(36,37)38)12-8-13-28(26)35)33(47)43(32(31)46)22-29(25-10-6-5-7-11-25)39-15-9-14-30(44)45/h4-8,10-13,29,39H,9,14-22H2,1-3H3,(H,44,45)/t29-/m0/s1. The highest BCUT2D eigenvalue weighted by atomic mass is 19.4. The van der Waals surface area contributed by atoms with Gasteiger partial charge in [-0.15, -0.1) is 0 Å². The van der Waals surface area contributed by atoms with Crippen molar-refractivity contribution < 1.29 is 27.5 Å². The molecule has 1 atom stereocenters. The third-order valence-electron chi connectivity index (χ3n) is 8.58. The summed E-state index contributed by atoms with van der Waals surface area (Å²) in [4.78, 5) is 43.5. The maximum atomic E-state index is 15.0. The van der Waals surface area contributed by atoms with Crippen molar-refractivity contribution in [2.75, 3.05) is 44.2 Å². The van der Waals surface area contributed by atoms with Crippen LogP contribution in [0.4, 0.5) is 23.2 Å². The molecule has 4 rings (SSSR count). The number of nitrogens with one attached hydrogen (secondary N) is 1. The summed E-state index contributed by atoms with van der Waals surface area (Å²) in [5.74, 6) is -2.07. The Labute approximate surface area is 270 Å². The van der Waals surface area contributed by atoms with Gasteiger partial charge < -0.3 is 15.3 Å². The van der Waals surface area contributed by atoms with Gasteiger partial charge in [0.05, 0.1) is 24.7 Å². The first-order chi connectivity index (χ1) is 22.3. The van der Waals surface area contributed by atoms with E-state index < -0.39 is 52.9 Å². The number of carboxylic acid groups (broad SMARTS) is 1. The van der Waals surface area contributed by atoms with Gasteiger partial charge in [0.1, 0.15) is 11.5 Å². The molecule has 0 bridgehead atoms. The molecule has 47 heavy (non-hydrogen) atoms. The predicted octanol–water partition coefficient (Wildman–Crippen LogP) is 4.81. The van der Waals surface area contributed by atoms with Gasteiger partial charge in [0.25, 0.3) is 5.56 Å². The van der Waals surface area contributed by atoms with Crippen LogP contribution < -0.4 is 21.5 Å². The van der Waals surface area contributed by atoms with Gasteiger partial charge >= 0.3 is 17.8 Å². The molecule has 13 heteroatoms. The number of alkyl halides is 3. The zero-order valence-electron chi connectivity index (χ0n) is 26.8. The smallest absolute Gasteiger partial charge is 0.416 e. The number of nitrogens with zero attached hydrogens (tertiary/aromatic N) is 4. The molecule has 0 saturated carbocycles. The minimum Gasteiger partial charge on any atom is -0.481 e. The molecular weight excluding hydrogens is 618 g/mol. The largest absolute Gasteiger partial charge is 0.481 e. The van der Waals surface area contributed by atoms with Gasteiger partial charge in [0.2, 0.25) is 0 Å². The quantitative estimate of drug-likeness (QED) is 0.154. The van der Waals surface area contributed by atoms with Gasteiger partial charge in [-0.05, 0) is 51.4 Å². The van der Waals surface area contributed by atoms with Crippen LogP contribution in [0.2, 0.25) is 0 Å². The van der Waals surface area contributed by atoms with E-state index in [4.69, 9.17) is 5.11 Å². The highest BCUT2D eigenvalue weighted by molar-refractivity contribution is 5.66. The van der Waals surface area contributed by atoms with Gasteiger partial charge in [-0.25, -0.2) is 9.18 Å². The van der Waals surface area contributed by atoms with Gasteiger partial charge in [-0.1, -0.05) is 48.0 Å². The molecule has 0 unspecified atom stereocenters. The molecule has 2 aromatic carbocycles. The number of allylic oxidation sites excluding steroid dienone is 1. The monoisotopic (exact) mass is 659 g/mol. The number of carbonyl (C=O) groups is 1. The van der Waals surface area contributed by atoms with Crippen LogP contribution in [0, 0.1) is 12.7 Å². The fourth-order valence-electron chi connectivity index (χ4n) is 5.89. The first kappa shape index (κ1) is 35.6. The number of piperazine rings is 1. The second-order valence-corrected chi connectivity index (χ2v) is 11.8. The van der Waals surface area contributed by atoms with E-state index in [0.29, 0.717) is 32.6 Å². The second-order valence-electron chi connectivity index (χ2n) is 11.8. The molecule has 3 aromatic rings. The molecular formula is C34H41F4N5O4. The lowest BCUT2D eigenvalue weighted by atomic mass is 10.1. The Balaban J connectivity index is 1.82. The molecule has 1 fully saturated rings. The summed E-state index contributed by atoms with van der Waals surface area (Å²) >= 11 is 0. The Morgan fingerprint density at radius 2 is 1.70 bits per heavy atom. The van der Waals surface area contributed by atoms with E-state index in [0.717, 1.165) is 39.4 Å². The van der Waals surface area contributed by atoms with Gasteiger partial charge in [0, 0.05) is 50.4 Å². The fourth-order valence-corrected chi connectivity index (χ4v) is 5.89. The van der Waals surface area contributed by atoms with E-state index >= 15 is 4.39 Å². The Kier molecular flexibility index (Phi) is 11.8. The topological polar surface area (TPSA) is 99.8 Å². The van der Waals surface area contributed by atoms with Crippen LogP contribution in [-0.4, -0.2) is 64.4 Å². The van der Waals surface area contributed by atoms with E-state index in [1.165, 1.54) is 12.5 Å². The Hall–Kier alpha value is -4.23. The minimum atomic E-state index is -4.87. The Bertz CT molecular complexity index is 1690. The van der Waals surface area contributed by atoms with Crippen molar-refractivity contribution in [3.8, 4) is 0 Å². The number of aliphatic carboxylic acids is 1. The van der Waals surface area contributed by atoms with E-state index in [1.54, 1.807) is 30.3 Å². The Morgan fingerprint density at radius 3 is 2.32 bits per heavy atom. The van der Waals surface area contributed by atoms with Crippen molar-refractivity contribution in [2.45, 2.75) is 58.9 Å². The highest BCUT2D eigenvalue weighted by Gasteiger charge is 2.35. The van der Waals surface area contributed by atoms with E-state index in [2.05, 4.69) is 10.2 Å². The number of benzene rings is 2. The molecule has 1 saturated heterocycles. The van der Waals surface area contributed by atoms with Crippen LogP contribution in [0.15, 0.2) is 69.8 Å². The van der Waals surface area contributed by atoms with Gasteiger partial charge in [-0.3, -0.25) is 23.6 Å². The Morgan fingerprint density at radius 1 is 1.02 bits per heavy atom. The lowest BCUT2D eigenvalue weighted by Gasteiger charge is -2.37. The van der Waals surface area contributed by atoms with Crippen LogP contribution in [0.25, 0.3) is 0 Å². The van der Waals surface area contributed by atoms with Crippen molar-refractivity contribution in [3.05, 3.63) is 109 Å². The molecule has 254 valence electrons. The first-order valence-electron chi connectivity index (χ1n) is 15.6. The number of hydrogen-bond donors (Lipinski definition) is 2. The summed E-state index contributed by atoms with van der Waals surface area (Å²) in [5, 5.41) is 12.3. The van der Waals surface area contributed by atoms with Crippen molar-refractivity contribution in [2.24, 2.45) is 0 Å². The third kappa shape index (κ3) is 8.77. The number of halogens is 4. The minimum absolute atomic E-state index is 0.0837. The van der Waals surface area contributed by atoms with Crippen LogP contribution in [0.1, 0.15) is 55.1 Å². The molecule has 1 aromatic heterocycles. The van der Waals surface area contributed by atoms with E-state index in [-0.39, 0.29) is 30.9 Å². The first-order valence-corrected chi connectivity index (χ1v) is 15.6. The van der Waals surface area contributed by atoms with Crippen molar-refractivity contribution in [3.63, 3.8) is 0 Å². The van der Waals surface area contributed by atoms with Gasteiger partial charge in [-0.2, -0.15) is 13.2 Å². The summed E-state index contributed by atoms with van der Waals surface area (Å²) < 4.78 is 59.0. The van der Waals surface area contributed by atoms with Crippen LogP contribution >= 0.6 is 0 Å². The summed E-state index contributed by atoms with van der Waals surface area (Å²) in [7, 11) is 0. The van der Waals surface area contributed by atoms with Crippen molar-refractivity contribution >= 4 is 11.7 Å². The lowest BCUT2D eigenvalue weighted by molar-refractivity contribution is -0.138. The molecule has 0 amide bonds. The van der Waals surface area contributed by atoms with Crippen molar-refractivity contribution in [1.29, 1.82) is 0 Å². The van der Waals surface area contributed by atoms with Crippen LogP contribution in [-0.2, 0) is 24.1 Å². The van der Waals surface area contributed by atoms with Crippen LogP contribution in [0.5, 0.6) is 0 Å². The fraction of sp³-hybridized carbons (Fsp3) is 0.441. The number of anilines is 1. The summed E-state index contributed by atoms with van der Waals surface area (Å²) in [6, 6.07) is 11.0. The highest BCUT2D eigenvalue weighted by Crippen LogP contribution is 2.33. The maximum Gasteiger partial charge on any atom is 0.416 e. The number of carboxylic acids is 1. The molecule has 0 radical (unpaired) electrons. The SMILES string of the molecule is CC=C(C)CN1CCN(c2c(C)n(Cc3c(F)cccc3C(F)(F)F)c(=O)n(C[C@H](NCCCC(=O)O)c3ccccc3)c2=O)CC1. The molecule has 1 aliphatic heterocycles. The molecule has 2 heterocycles.